The molecule has 0 aromatic rings. The third kappa shape index (κ3) is 39.0. The standard InChI is InChI=1S/C42H74NO7P/c1-3-5-7-9-11-12-13-14-15-16-17-18-19-20-21-22-23-24-25-26-27-28-29-30-32-34-37-47-39-41(40-49-51(45,46)48-38-36-43)50-42(44)35-33-31-10-8-6-4-2/h5,7,11-12,14-15,17-18,20-21,23-24,41H,3-4,6,8-10,13,16,19,22,25-40,43H2,1-2H3,(H,45,46)/b7-5-,12-11-,15-14-,18-17-,21-20-,24-23-. The summed E-state index contributed by atoms with van der Waals surface area (Å²) in [4.78, 5) is 22.2. The van der Waals surface area contributed by atoms with Crippen molar-refractivity contribution in [3.05, 3.63) is 72.9 Å². The molecule has 0 spiro atoms. The lowest BCUT2D eigenvalue weighted by Crippen LogP contribution is -2.28. The van der Waals surface area contributed by atoms with Gasteiger partial charge in [-0.05, 0) is 64.2 Å². The van der Waals surface area contributed by atoms with E-state index in [1.54, 1.807) is 0 Å². The smallest absolute Gasteiger partial charge is 0.457 e. The van der Waals surface area contributed by atoms with Gasteiger partial charge >= 0.3 is 13.8 Å². The lowest BCUT2D eigenvalue weighted by Gasteiger charge is -2.20. The topological polar surface area (TPSA) is 117 Å². The number of carbonyl (C=O) groups is 1. The molecule has 0 aliphatic rings. The zero-order valence-corrected chi connectivity index (χ0v) is 33.2. The van der Waals surface area contributed by atoms with E-state index in [0.29, 0.717) is 13.0 Å². The lowest BCUT2D eigenvalue weighted by atomic mass is 10.1. The maximum atomic E-state index is 12.4. The summed E-state index contributed by atoms with van der Waals surface area (Å²) in [5.41, 5.74) is 5.34. The Kier molecular flexibility index (Phi) is 37.6. The van der Waals surface area contributed by atoms with Crippen molar-refractivity contribution in [3.63, 3.8) is 0 Å². The number of allylic oxidation sites excluding steroid dienone is 12. The highest BCUT2D eigenvalue weighted by atomic mass is 31.2. The van der Waals surface area contributed by atoms with Crippen LogP contribution >= 0.6 is 7.82 Å². The zero-order valence-electron chi connectivity index (χ0n) is 32.3. The molecule has 0 rings (SSSR count). The molecule has 0 fully saturated rings. The molecular formula is C42H74NO7P. The summed E-state index contributed by atoms with van der Waals surface area (Å²) in [6.45, 7) is 4.69. The van der Waals surface area contributed by atoms with Gasteiger partial charge < -0.3 is 20.1 Å². The van der Waals surface area contributed by atoms with E-state index in [1.165, 1.54) is 44.9 Å². The predicted octanol–water partition coefficient (Wildman–Crippen LogP) is 11.6. The third-order valence-electron chi connectivity index (χ3n) is 7.89. The van der Waals surface area contributed by atoms with Crippen molar-refractivity contribution < 1.29 is 32.8 Å². The van der Waals surface area contributed by atoms with Crippen LogP contribution in [0, 0.1) is 0 Å². The summed E-state index contributed by atoms with van der Waals surface area (Å²) in [7, 11) is -4.27. The van der Waals surface area contributed by atoms with Gasteiger partial charge in [0.15, 0.2) is 0 Å². The average molecular weight is 736 g/mol. The number of unbranched alkanes of at least 4 members (excludes halogenated alkanes) is 12. The molecular weight excluding hydrogens is 661 g/mol. The van der Waals surface area contributed by atoms with Gasteiger partial charge in [-0.3, -0.25) is 13.8 Å². The number of phosphoric acid groups is 1. The first-order chi connectivity index (χ1) is 24.9. The molecule has 0 saturated heterocycles. The van der Waals surface area contributed by atoms with Crippen molar-refractivity contribution in [2.75, 3.05) is 33.0 Å². The van der Waals surface area contributed by atoms with Crippen molar-refractivity contribution in [1.82, 2.24) is 0 Å². The molecule has 2 atom stereocenters. The van der Waals surface area contributed by atoms with Crippen LogP contribution < -0.4 is 5.73 Å². The van der Waals surface area contributed by atoms with Crippen LogP contribution in [0.3, 0.4) is 0 Å². The average Bonchev–Trinajstić information content (AvgIpc) is 3.12. The van der Waals surface area contributed by atoms with Crippen LogP contribution in [0.15, 0.2) is 72.9 Å². The summed E-state index contributed by atoms with van der Waals surface area (Å²) in [6.07, 6.45) is 48.1. The molecule has 0 bridgehead atoms. The quantitative estimate of drug-likeness (QED) is 0.0280. The van der Waals surface area contributed by atoms with Gasteiger partial charge in [0, 0.05) is 19.6 Å². The Bertz CT molecular complexity index is 1010. The van der Waals surface area contributed by atoms with E-state index < -0.39 is 13.9 Å². The van der Waals surface area contributed by atoms with Crippen molar-refractivity contribution >= 4 is 13.8 Å². The van der Waals surface area contributed by atoms with Gasteiger partial charge in [0.1, 0.15) is 6.10 Å². The van der Waals surface area contributed by atoms with E-state index in [9.17, 15) is 14.3 Å². The minimum atomic E-state index is -4.27. The predicted molar refractivity (Wildman–Crippen MR) is 215 cm³/mol. The number of esters is 1. The number of phosphoric ester groups is 1. The first kappa shape index (κ1) is 48.9. The highest BCUT2D eigenvalue weighted by molar-refractivity contribution is 7.47. The molecule has 0 aromatic heterocycles. The minimum absolute atomic E-state index is 0.0953. The Morgan fingerprint density at radius 1 is 0.608 bits per heavy atom. The number of ether oxygens (including phenoxy) is 2. The monoisotopic (exact) mass is 736 g/mol. The number of carbonyl (C=O) groups excluding carboxylic acids is 1. The Morgan fingerprint density at radius 2 is 1.10 bits per heavy atom. The second-order valence-electron chi connectivity index (χ2n) is 12.8. The molecule has 51 heavy (non-hydrogen) atoms. The molecule has 0 aromatic carbocycles. The fourth-order valence-electron chi connectivity index (χ4n) is 5.00. The van der Waals surface area contributed by atoms with Gasteiger partial charge in [0.25, 0.3) is 0 Å². The van der Waals surface area contributed by atoms with Crippen LogP contribution in [0.25, 0.3) is 0 Å². The van der Waals surface area contributed by atoms with E-state index >= 15 is 0 Å². The van der Waals surface area contributed by atoms with E-state index in [2.05, 4.69) is 86.8 Å². The van der Waals surface area contributed by atoms with Crippen LogP contribution in [0.4, 0.5) is 0 Å². The van der Waals surface area contributed by atoms with Gasteiger partial charge in [0.2, 0.25) is 0 Å². The highest BCUT2D eigenvalue weighted by Crippen LogP contribution is 2.43. The van der Waals surface area contributed by atoms with E-state index in [0.717, 1.165) is 83.5 Å². The van der Waals surface area contributed by atoms with Crippen molar-refractivity contribution in [2.45, 2.75) is 155 Å². The summed E-state index contributed by atoms with van der Waals surface area (Å²) in [5.74, 6) is -0.348. The molecule has 0 aliphatic carbocycles. The Labute approximate surface area is 312 Å². The van der Waals surface area contributed by atoms with Crippen LogP contribution in [0.2, 0.25) is 0 Å². The van der Waals surface area contributed by atoms with Crippen molar-refractivity contribution in [3.8, 4) is 0 Å². The van der Waals surface area contributed by atoms with Crippen LogP contribution in [0.1, 0.15) is 149 Å². The van der Waals surface area contributed by atoms with Crippen LogP contribution in [-0.2, 0) is 27.9 Å². The minimum Gasteiger partial charge on any atom is -0.457 e. The number of hydrogen-bond donors (Lipinski definition) is 2. The molecule has 0 saturated carbocycles. The summed E-state index contributed by atoms with van der Waals surface area (Å²) >= 11 is 0. The van der Waals surface area contributed by atoms with E-state index in [4.69, 9.17) is 24.3 Å². The van der Waals surface area contributed by atoms with Crippen molar-refractivity contribution in [1.29, 1.82) is 0 Å². The molecule has 0 heterocycles. The number of nitrogens with two attached hydrogens (primary N) is 1. The van der Waals surface area contributed by atoms with Gasteiger partial charge in [-0.15, -0.1) is 0 Å². The lowest BCUT2D eigenvalue weighted by molar-refractivity contribution is -0.154. The van der Waals surface area contributed by atoms with Gasteiger partial charge in [0.05, 0.1) is 19.8 Å². The second kappa shape index (κ2) is 39.2. The fourth-order valence-corrected chi connectivity index (χ4v) is 5.76. The van der Waals surface area contributed by atoms with Crippen molar-refractivity contribution in [2.24, 2.45) is 5.73 Å². The largest absolute Gasteiger partial charge is 0.472 e. The Morgan fingerprint density at radius 3 is 1.65 bits per heavy atom. The van der Waals surface area contributed by atoms with Gasteiger partial charge in [-0.2, -0.15) is 0 Å². The zero-order chi connectivity index (χ0) is 37.4. The number of hydrogen-bond acceptors (Lipinski definition) is 7. The Hall–Kier alpha value is -2.06. The maximum absolute atomic E-state index is 12.4. The maximum Gasteiger partial charge on any atom is 0.472 e. The molecule has 8 nitrogen and oxygen atoms in total. The van der Waals surface area contributed by atoms with E-state index in [1.807, 2.05) is 0 Å². The first-order valence-electron chi connectivity index (χ1n) is 19.9. The van der Waals surface area contributed by atoms with Gasteiger partial charge in [-0.1, -0.05) is 151 Å². The van der Waals surface area contributed by atoms with Crippen LogP contribution in [-0.4, -0.2) is 49.9 Å². The van der Waals surface area contributed by atoms with E-state index in [-0.39, 0.29) is 32.3 Å². The highest BCUT2D eigenvalue weighted by Gasteiger charge is 2.25. The molecule has 9 heteroatoms. The van der Waals surface area contributed by atoms with Crippen LogP contribution in [0.5, 0.6) is 0 Å². The third-order valence-corrected chi connectivity index (χ3v) is 8.87. The first-order valence-corrected chi connectivity index (χ1v) is 21.4. The second-order valence-corrected chi connectivity index (χ2v) is 14.2. The molecule has 2 unspecified atom stereocenters. The summed E-state index contributed by atoms with van der Waals surface area (Å²) < 4.78 is 33.1. The SMILES string of the molecule is CC/C=C\C/C=C\C/C=C\C/C=C\C/C=C\C/C=C\CCCCCCCCCOCC(COP(=O)(O)OCCN)OC(=O)CCCCCCCC. The molecule has 294 valence electrons. The molecule has 0 radical (unpaired) electrons. The normalized spacial score (nSPS) is 14.4. The fraction of sp³-hybridized carbons (Fsp3) is 0.690. The molecule has 0 amide bonds. The molecule has 3 N–H and O–H groups in total. The van der Waals surface area contributed by atoms with Gasteiger partial charge in [-0.25, -0.2) is 4.57 Å². The number of rotatable bonds is 37. The summed E-state index contributed by atoms with van der Waals surface area (Å²) in [6, 6.07) is 0. The summed E-state index contributed by atoms with van der Waals surface area (Å²) in [5, 5.41) is 0. The Balaban J connectivity index is 3.92. The molecule has 0 aliphatic heterocycles.